The predicted octanol–water partition coefficient (Wildman–Crippen LogP) is 1.52. The molecule has 2 aliphatic heterocycles. The van der Waals surface area contributed by atoms with Crippen LogP contribution in [-0.4, -0.2) is 12.7 Å². The van der Waals surface area contributed by atoms with Gasteiger partial charge in [0.1, 0.15) is 0 Å². The summed E-state index contributed by atoms with van der Waals surface area (Å²) < 4.78 is 0. The van der Waals surface area contributed by atoms with E-state index in [1.807, 2.05) is 0 Å². The fourth-order valence-corrected chi connectivity index (χ4v) is 2.31. The van der Waals surface area contributed by atoms with Gasteiger partial charge in [0.15, 0.2) is 0 Å². The average Bonchev–Trinajstić information content (AvgIpc) is 2.62. The number of rotatable bonds is 0. The van der Waals surface area contributed by atoms with E-state index in [9.17, 15) is 0 Å². The van der Waals surface area contributed by atoms with Gasteiger partial charge in [0.05, 0.1) is 6.17 Å². The Bertz CT molecular complexity index is 308. The summed E-state index contributed by atoms with van der Waals surface area (Å²) in [5.41, 5.74) is 2.81. The molecule has 12 heavy (non-hydrogen) atoms. The molecule has 0 radical (unpaired) electrons. The van der Waals surface area contributed by atoms with E-state index in [1.165, 1.54) is 17.7 Å². The summed E-state index contributed by atoms with van der Waals surface area (Å²) >= 11 is 0. The summed E-state index contributed by atoms with van der Waals surface area (Å²) in [7, 11) is 0. The van der Waals surface area contributed by atoms with Crippen molar-refractivity contribution in [3.8, 4) is 0 Å². The zero-order chi connectivity index (χ0) is 7.97. The predicted molar refractivity (Wildman–Crippen MR) is 49.2 cm³/mol. The quantitative estimate of drug-likeness (QED) is 0.601. The number of hydrogen-bond acceptors (Lipinski definition) is 2. The fraction of sp³-hybridized carbons (Fsp3) is 0.400. The van der Waals surface area contributed by atoms with Crippen LogP contribution in [0.1, 0.15) is 17.9 Å². The van der Waals surface area contributed by atoms with Gasteiger partial charge in [-0.2, -0.15) is 0 Å². The van der Waals surface area contributed by atoms with Crippen molar-refractivity contribution in [3.63, 3.8) is 0 Å². The van der Waals surface area contributed by atoms with Crippen LogP contribution in [0.5, 0.6) is 0 Å². The standard InChI is InChI=1S/C10H12N2/c1-2-4-9-7(3-1)8-5-6-11-10(8)12-9/h1-4,8,10-12H,5-6H2/t8-,10+/m1/s1. The summed E-state index contributed by atoms with van der Waals surface area (Å²) in [4.78, 5) is 0. The second kappa shape index (κ2) is 2.23. The number of nitrogens with one attached hydrogen (secondary N) is 2. The van der Waals surface area contributed by atoms with Crippen molar-refractivity contribution in [2.24, 2.45) is 0 Å². The Morgan fingerprint density at radius 3 is 3.17 bits per heavy atom. The first-order chi connectivity index (χ1) is 5.95. The van der Waals surface area contributed by atoms with E-state index >= 15 is 0 Å². The molecule has 2 heterocycles. The molecular formula is C10H12N2. The van der Waals surface area contributed by atoms with E-state index in [-0.39, 0.29) is 0 Å². The highest BCUT2D eigenvalue weighted by Gasteiger charge is 2.34. The molecule has 0 aliphatic carbocycles. The highest BCUT2D eigenvalue weighted by atomic mass is 15.2. The minimum Gasteiger partial charge on any atom is -0.369 e. The van der Waals surface area contributed by atoms with E-state index in [0.29, 0.717) is 12.1 Å². The van der Waals surface area contributed by atoms with E-state index in [4.69, 9.17) is 0 Å². The second-order valence-electron chi connectivity index (χ2n) is 3.56. The molecule has 3 rings (SSSR count). The molecule has 2 aliphatic rings. The van der Waals surface area contributed by atoms with Crippen LogP contribution in [0.2, 0.25) is 0 Å². The lowest BCUT2D eigenvalue weighted by atomic mass is 9.99. The summed E-state index contributed by atoms with van der Waals surface area (Å²) in [6, 6.07) is 8.61. The highest BCUT2D eigenvalue weighted by molar-refractivity contribution is 5.59. The Morgan fingerprint density at radius 2 is 2.17 bits per heavy atom. The largest absolute Gasteiger partial charge is 0.369 e. The second-order valence-corrected chi connectivity index (χ2v) is 3.56. The van der Waals surface area contributed by atoms with Crippen molar-refractivity contribution in [2.45, 2.75) is 18.5 Å². The lowest BCUT2D eigenvalue weighted by molar-refractivity contribution is 0.641. The fourth-order valence-electron chi connectivity index (χ4n) is 2.31. The highest BCUT2D eigenvalue weighted by Crippen LogP contribution is 2.38. The summed E-state index contributed by atoms with van der Waals surface area (Å²) in [5, 5.41) is 6.94. The Kier molecular flexibility index (Phi) is 1.21. The molecule has 0 unspecified atom stereocenters. The van der Waals surface area contributed by atoms with Crippen LogP contribution < -0.4 is 10.6 Å². The van der Waals surface area contributed by atoms with Gasteiger partial charge in [-0.25, -0.2) is 0 Å². The first kappa shape index (κ1) is 6.49. The Balaban J connectivity index is 2.09. The summed E-state index contributed by atoms with van der Waals surface area (Å²) in [6.45, 7) is 1.15. The third-order valence-corrected chi connectivity index (χ3v) is 2.89. The average molecular weight is 160 g/mol. The first-order valence-electron chi connectivity index (χ1n) is 4.54. The van der Waals surface area contributed by atoms with Gasteiger partial charge in [-0.15, -0.1) is 0 Å². The van der Waals surface area contributed by atoms with Gasteiger partial charge >= 0.3 is 0 Å². The molecule has 2 atom stereocenters. The Morgan fingerprint density at radius 1 is 1.25 bits per heavy atom. The maximum absolute atomic E-state index is 3.49. The van der Waals surface area contributed by atoms with Crippen molar-refractivity contribution >= 4 is 5.69 Å². The molecule has 0 saturated carbocycles. The van der Waals surface area contributed by atoms with Crippen LogP contribution in [0.25, 0.3) is 0 Å². The monoisotopic (exact) mass is 160 g/mol. The smallest absolute Gasteiger partial charge is 0.0839 e. The van der Waals surface area contributed by atoms with Crippen LogP contribution in [0.15, 0.2) is 24.3 Å². The number of para-hydroxylation sites is 1. The van der Waals surface area contributed by atoms with Gasteiger partial charge in [0.2, 0.25) is 0 Å². The molecule has 2 nitrogen and oxygen atoms in total. The topological polar surface area (TPSA) is 24.1 Å². The van der Waals surface area contributed by atoms with Crippen molar-refractivity contribution < 1.29 is 0 Å². The number of anilines is 1. The molecule has 0 aromatic heterocycles. The van der Waals surface area contributed by atoms with E-state index in [0.717, 1.165) is 6.54 Å². The molecule has 0 amide bonds. The first-order valence-corrected chi connectivity index (χ1v) is 4.54. The minimum absolute atomic E-state index is 0.502. The lowest BCUT2D eigenvalue weighted by Crippen LogP contribution is -2.29. The van der Waals surface area contributed by atoms with Crippen LogP contribution in [0.3, 0.4) is 0 Å². The van der Waals surface area contributed by atoms with Crippen LogP contribution in [0, 0.1) is 0 Å². The number of hydrogen-bond donors (Lipinski definition) is 2. The van der Waals surface area contributed by atoms with Crippen molar-refractivity contribution in [2.75, 3.05) is 11.9 Å². The molecule has 2 heteroatoms. The molecular weight excluding hydrogens is 148 g/mol. The zero-order valence-electron chi connectivity index (χ0n) is 6.88. The van der Waals surface area contributed by atoms with Gasteiger partial charge in [-0.1, -0.05) is 18.2 Å². The molecule has 2 N–H and O–H groups in total. The molecule has 1 aromatic rings. The maximum atomic E-state index is 3.49. The van der Waals surface area contributed by atoms with Crippen molar-refractivity contribution in [1.82, 2.24) is 5.32 Å². The van der Waals surface area contributed by atoms with Gasteiger partial charge in [0, 0.05) is 11.6 Å². The van der Waals surface area contributed by atoms with E-state index in [2.05, 4.69) is 34.9 Å². The third-order valence-electron chi connectivity index (χ3n) is 2.89. The lowest BCUT2D eigenvalue weighted by Gasteiger charge is -2.08. The summed E-state index contributed by atoms with van der Waals surface area (Å²) in [6.07, 6.45) is 1.77. The van der Waals surface area contributed by atoms with Crippen molar-refractivity contribution in [3.05, 3.63) is 29.8 Å². The number of fused-ring (bicyclic) bond motifs is 3. The summed E-state index contributed by atoms with van der Waals surface area (Å²) in [5.74, 6) is 0.709. The van der Waals surface area contributed by atoms with Crippen LogP contribution >= 0.6 is 0 Å². The number of benzene rings is 1. The minimum atomic E-state index is 0.502. The molecule has 1 aromatic carbocycles. The van der Waals surface area contributed by atoms with Crippen LogP contribution in [-0.2, 0) is 0 Å². The van der Waals surface area contributed by atoms with E-state index < -0.39 is 0 Å². The molecule has 1 fully saturated rings. The molecule has 0 bridgehead atoms. The molecule has 62 valence electrons. The SMILES string of the molecule is c1ccc2c(c1)N[C@@H]1NCC[C@H]21. The van der Waals surface area contributed by atoms with Crippen molar-refractivity contribution in [1.29, 1.82) is 0 Å². The van der Waals surface area contributed by atoms with Gasteiger partial charge in [0.25, 0.3) is 0 Å². The molecule has 1 saturated heterocycles. The van der Waals surface area contributed by atoms with Crippen LogP contribution in [0.4, 0.5) is 5.69 Å². The van der Waals surface area contributed by atoms with Gasteiger partial charge < -0.3 is 5.32 Å². The Hall–Kier alpha value is -1.02. The Labute approximate surface area is 72.0 Å². The zero-order valence-corrected chi connectivity index (χ0v) is 6.88. The van der Waals surface area contributed by atoms with E-state index in [1.54, 1.807) is 0 Å². The van der Waals surface area contributed by atoms with Gasteiger partial charge in [-0.3, -0.25) is 5.32 Å². The maximum Gasteiger partial charge on any atom is 0.0839 e. The normalized spacial score (nSPS) is 31.0. The molecule has 0 spiro atoms. The third kappa shape index (κ3) is 0.730. The van der Waals surface area contributed by atoms with Gasteiger partial charge in [-0.05, 0) is 24.6 Å².